The number of ether oxygens (including phenoxy) is 1. The number of benzene rings is 2. The number of methoxy groups -OCH3 is 1. The van der Waals surface area contributed by atoms with Crippen molar-refractivity contribution >= 4 is 40.6 Å². The number of carbonyl (C=O) groups is 1. The van der Waals surface area contributed by atoms with Crippen molar-refractivity contribution in [3.05, 3.63) is 64.6 Å². The molecule has 3 aromatic rings. The topological polar surface area (TPSA) is 67.3 Å². The fourth-order valence-electron chi connectivity index (χ4n) is 3.76. The molecule has 0 saturated carbocycles. The van der Waals surface area contributed by atoms with Crippen LogP contribution in [-0.4, -0.2) is 36.3 Å². The molecule has 1 aliphatic rings. The van der Waals surface area contributed by atoms with Crippen molar-refractivity contribution in [2.75, 3.05) is 30.4 Å². The number of anilines is 2. The third-order valence-electron chi connectivity index (χ3n) is 5.28. The van der Waals surface area contributed by atoms with Gasteiger partial charge in [0.2, 0.25) is 5.91 Å². The van der Waals surface area contributed by atoms with Crippen LogP contribution in [0.5, 0.6) is 5.75 Å². The van der Waals surface area contributed by atoms with Gasteiger partial charge in [0.15, 0.2) is 5.82 Å². The molecule has 2 heterocycles. The smallest absolute Gasteiger partial charge is 0.229 e. The fourth-order valence-corrected chi connectivity index (χ4v) is 4.29. The summed E-state index contributed by atoms with van der Waals surface area (Å²) >= 11 is 12.1. The maximum absolute atomic E-state index is 12.8. The molecule has 2 aromatic carbocycles. The van der Waals surface area contributed by atoms with Gasteiger partial charge in [0.05, 0.1) is 18.7 Å². The van der Waals surface area contributed by atoms with Crippen molar-refractivity contribution in [2.45, 2.75) is 12.8 Å². The summed E-state index contributed by atoms with van der Waals surface area (Å²) in [6.45, 7) is 1.40. The standard InChI is InChI=1S/C23H22Cl2N4O2/c1-31-21-7-3-2-6-19(21)20-8-9-22(28-27-20)29-10-4-5-15(14-29)23(30)26-18-12-16(24)11-17(25)13-18/h2-3,6-9,11-13,15H,4-5,10,14H2,1H3,(H,26,30). The summed E-state index contributed by atoms with van der Waals surface area (Å²) < 4.78 is 5.41. The van der Waals surface area contributed by atoms with Gasteiger partial charge in [0.1, 0.15) is 5.75 Å². The van der Waals surface area contributed by atoms with E-state index in [1.807, 2.05) is 36.4 Å². The number of carbonyl (C=O) groups excluding carboxylic acids is 1. The molecule has 1 fully saturated rings. The number of piperidine rings is 1. The molecule has 1 atom stereocenters. The largest absolute Gasteiger partial charge is 0.496 e. The summed E-state index contributed by atoms with van der Waals surface area (Å²) in [6.07, 6.45) is 1.70. The van der Waals surface area contributed by atoms with Gasteiger partial charge in [0, 0.05) is 34.4 Å². The molecule has 6 nitrogen and oxygen atoms in total. The van der Waals surface area contributed by atoms with E-state index in [-0.39, 0.29) is 11.8 Å². The second kappa shape index (κ2) is 9.54. The molecule has 0 spiro atoms. The first kappa shape index (κ1) is 21.4. The van der Waals surface area contributed by atoms with Gasteiger partial charge in [-0.05, 0) is 55.3 Å². The van der Waals surface area contributed by atoms with Crippen molar-refractivity contribution in [1.82, 2.24) is 10.2 Å². The highest BCUT2D eigenvalue weighted by Crippen LogP contribution is 2.29. The van der Waals surface area contributed by atoms with Crippen LogP contribution in [0.15, 0.2) is 54.6 Å². The summed E-state index contributed by atoms with van der Waals surface area (Å²) in [5.41, 5.74) is 2.23. The SMILES string of the molecule is COc1ccccc1-c1ccc(N2CCCC(C(=O)Nc3cc(Cl)cc(Cl)c3)C2)nn1. The molecule has 0 radical (unpaired) electrons. The summed E-state index contributed by atoms with van der Waals surface area (Å²) in [4.78, 5) is 14.9. The van der Waals surface area contributed by atoms with Crippen LogP contribution in [0.25, 0.3) is 11.3 Å². The van der Waals surface area contributed by atoms with E-state index in [4.69, 9.17) is 27.9 Å². The first-order chi connectivity index (χ1) is 15.0. The van der Waals surface area contributed by atoms with Crippen molar-refractivity contribution in [3.63, 3.8) is 0 Å². The lowest BCUT2D eigenvalue weighted by Crippen LogP contribution is -2.41. The Bertz CT molecular complexity index is 1060. The molecular weight excluding hydrogens is 435 g/mol. The molecule has 4 rings (SSSR count). The zero-order valence-electron chi connectivity index (χ0n) is 17.0. The van der Waals surface area contributed by atoms with Crippen molar-refractivity contribution in [1.29, 1.82) is 0 Å². The number of amides is 1. The minimum atomic E-state index is -0.165. The Morgan fingerprint density at radius 2 is 1.87 bits per heavy atom. The monoisotopic (exact) mass is 456 g/mol. The van der Waals surface area contributed by atoms with E-state index < -0.39 is 0 Å². The zero-order chi connectivity index (χ0) is 21.8. The third kappa shape index (κ3) is 5.09. The second-order valence-corrected chi connectivity index (χ2v) is 8.28. The molecule has 1 amide bonds. The van der Waals surface area contributed by atoms with E-state index in [9.17, 15) is 4.79 Å². The number of aromatic nitrogens is 2. The molecule has 1 aliphatic heterocycles. The molecule has 160 valence electrons. The van der Waals surface area contributed by atoms with Gasteiger partial charge in [0.25, 0.3) is 0 Å². The van der Waals surface area contributed by atoms with Gasteiger partial charge in [-0.1, -0.05) is 35.3 Å². The van der Waals surface area contributed by atoms with Gasteiger partial charge in [-0.15, -0.1) is 10.2 Å². The Morgan fingerprint density at radius 1 is 1.10 bits per heavy atom. The Hall–Kier alpha value is -2.83. The summed E-state index contributed by atoms with van der Waals surface area (Å²) in [7, 11) is 1.64. The average molecular weight is 457 g/mol. The quantitative estimate of drug-likeness (QED) is 0.562. The number of nitrogens with zero attached hydrogens (tertiary/aromatic N) is 3. The van der Waals surface area contributed by atoms with Gasteiger partial charge < -0.3 is 15.0 Å². The van der Waals surface area contributed by atoms with E-state index in [2.05, 4.69) is 20.4 Å². The number of nitrogens with one attached hydrogen (secondary N) is 1. The molecule has 1 N–H and O–H groups in total. The van der Waals surface area contributed by atoms with E-state index >= 15 is 0 Å². The molecule has 1 unspecified atom stereocenters. The Balaban J connectivity index is 1.45. The molecule has 0 aliphatic carbocycles. The summed E-state index contributed by atoms with van der Waals surface area (Å²) in [5, 5.41) is 12.7. The fraction of sp³-hybridized carbons (Fsp3) is 0.261. The van der Waals surface area contributed by atoms with Crippen LogP contribution in [0.3, 0.4) is 0 Å². The predicted molar refractivity (Wildman–Crippen MR) is 124 cm³/mol. The lowest BCUT2D eigenvalue weighted by molar-refractivity contribution is -0.120. The lowest BCUT2D eigenvalue weighted by Gasteiger charge is -2.32. The minimum Gasteiger partial charge on any atom is -0.496 e. The van der Waals surface area contributed by atoms with E-state index in [0.717, 1.165) is 42.2 Å². The van der Waals surface area contributed by atoms with E-state index in [1.54, 1.807) is 25.3 Å². The van der Waals surface area contributed by atoms with Gasteiger partial charge >= 0.3 is 0 Å². The number of hydrogen-bond acceptors (Lipinski definition) is 5. The highest BCUT2D eigenvalue weighted by atomic mass is 35.5. The van der Waals surface area contributed by atoms with Crippen molar-refractivity contribution in [2.24, 2.45) is 5.92 Å². The van der Waals surface area contributed by atoms with Crippen LogP contribution < -0.4 is 15.0 Å². The van der Waals surface area contributed by atoms with E-state index in [1.165, 1.54) is 0 Å². The highest BCUT2D eigenvalue weighted by molar-refractivity contribution is 6.35. The molecule has 0 bridgehead atoms. The number of rotatable bonds is 5. The van der Waals surface area contributed by atoms with Crippen LogP contribution >= 0.6 is 23.2 Å². The zero-order valence-corrected chi connectivity index (χ0v) is 18.5. The van der Waals surface area contributed by atoms with Gasteiger partial charge in [-0.3, -0.25) is 4.79 Å². The first-order valence-corrected chi connectivity index (χ1v) is 10.8. The Labute approximate surface area is 191 Å². The summed E-state index contributed by atoms with van der Waals surface area (Å²) in [5.74, 6) is 1.28. The Kier molecular flexibility index (Phi) is 6.59. The number of hydrogen-bond donors (Lipinski definition) is 1. The molecule has 8 heteroatoms. The predicted octanol–water partition coefficient (Wildman–Crippen LogP) is 5.31. The van der Waals surface area contributed by atoms with Crippen LogP contribution in [0.4, 0.5) is 11.5 Å². The lowest BCUT2D eigenvalue weighted by atomic mass is 9.97. The third-order valence-corrected chi connectivity index (χ3v) is 5.72. The summed E-state index contributed by atoms with van der Waals surface area (Å²) in [6, 6.07) is 16.6. The normalized spacial score (nSPS) is 16.1. The second-order valence-electron chi connectivity index (χ2n) is 7.41. The van der Waals surface area contributed by atoms with Crippen molar-refractivity contribution in [3.8, 4) is 17.0 Å². The molecule has 1 saturated heterocycles. The molecular formula is C23H22Cl2N4O2. The van der Waals surface area contributed by atoms with Gasteiger partial charge in [-0.2, -0.15) is 0 Å². The minimum absolute atomic E-state index is 0.0540. The first-order valence-electron chi connectivity index (χ1n) is 10.0. The number of para-hydroxylation sites is 1. The highest BCUT2D eigenvalue weighted by Gasteiger charge is 2.27. The average Bonchev–Trinajstić information content (AvgIpc) is 2.78. The van der Waals surface area contributed by atoms with E-state index in [0.29, 0.717) is 22.3 Å². The van der Waals surface area contributed by atoms with Crippen LogP contribution in [0, 0.1) is 5.92 Å². The molecule has 31 heavy (non-hydrogen) atoms. The maximum atomic E-state index is 12.8. The van der Waals surface area contributed by atoms with Crippen LogP contribution in [0.1, 0.15) is 12.8 Å². The number of halogens is 2. The Morgan fingerprint density at radius 3 is 2.58 bits per heavy atom. The van der Waals surface area contributed by atoms with Crippen LogP contribution in [-0.2, 0) is 4.79 Å². The van der Waals surface area contributed by atoms with Crippen LogP contribution in [0.2, 0.25) is 10.0 Å². The van der Waals surface area contributed by atoms with Crippen molar-refractivity contribution < 1.29 is 9.53 Å². The van der Waals surface area contributed by atoms with Gasteiger partial charge in [-0.25, -0.2) is 0 Å². The maximum Gasteiger partial charge on any atom is 0.229 e. The molecule has 1 aromatic heterocycles.